The Morgan fingerprint density at radius 3 is 2.59 bits per heavy atom. The second-order valence-corrected chi connectivity index (χ2v) is 9.07. The SMILES string of the molecule is Cc1ccc(OCc2csc(C(=O)N3CCN(Cc4cccc(F)c4F)CC3)c2)c(C)c1. The predicted octanol–water partition coefficient (Wildman–Crippen LogP) is 5.18. The van der Waals surface area contributed by atoms with Crippen LogP contribution < -0.4 is 4.74 Å². The van der Waals surface area contributed by atoms with Crippen LogP contribution in [0.5, 0.6) is 5.75 Å². The molecule has 0 aliphatic carbocycles. The summed E-state index contributed by atoms with van der Waals surface area (Å²) in [7, 11) is 0. The van der Waals surface area contributed by atoms with Crippen molar-refractivity contribution in [2.45, 2.75) is 27.0 Å². The van der Waals surface area contributed by atoms with E-state index in [1.807, 2.05) is 47.2 Å². The molecule has 0 saturated carbocycles. The zero-order valence-electron chi connectivity index (χ0n) is 18.2. The Morgan fingerprint density at radius 1 is 1.06 bits per heavy atom. The lowest BCUT2D eigenvalue weighted by atomic mass is 10.1. The van der Waals surface area contributed by atoms with Gasteiger partial charge >= 0.3 is 0 Å². The Balaban J connectivity index is 1.30. The van der Waals surface area contributed by atoms with Crippen molar-refractivity contribution in [3.8, 4) is 5.75 Å². The van der Waals surface area contributed by atoms with Gasteiger partial charge < -0.3 is 9.64 Å². The van der Waals surface area contributed by atoms with Crippen LogP contribution in [0, 0.1) is 25.5 Å². The maximum absolute atomic E-state index is 13.9. The van der Waals surface area contributed by atoms with Gasteiger partial charge in [0.15, 0.2) is 11.6 Å². The molecular weight excluding hydrogens is 430 g/mol. The van der Waals surface area contributed by atoms with Crippen molar-refractivity contribution < 1.29 is 18.3 Å². The minimum absolute atomic E-state index is 0.00403. The smallest absolute Gasteiger partial charge is 0.264 e. The number of ether oxygens (including phenoxy) is 1. The Kier molecular flexibility index (Phi) is 6.86. The number of hydrogen-bond acceptors (Lipinski definition) is 4. The lowest BCUT2D eigenvalue weighted by Gasteiger charge is -2.34. The molecule has 1 amide bonds. The summed E-state index contributed by atoms with van der Waals surface area (Å²) in [6.07, 6.45) is 0. The van der Waals surface area contributed by atoms with Crippen molar-refractivity contribution in [1.82, 2.24) is 9.80 Å². The molecule has 2 heterocycles. The van der Waals surface area contributed by atoms with E-state index in [9.17, 15) is 13.6 Å². The minimum atomic E-state index is -0.827. The fourth-order valence-corrected chi connectivity index (χ4v) is 4.73. The molecule has 1 saturated heterocycles. The van der Waals surface area contributed by atoms with E-state index in [4.69, 9.17) is 4.74 Å². The van der Waals surface area contributed by atoms with E-state index >= 15 is 0 Å². The Labute approximate surface area is 191 Å². The highest BCUT2D eigenvalue weighted by Crippen LogP contribution is 2.23. The zero-order chi connectivity index (χ0) is 22.7. The molecule has 1 fully saturated rings. The summed E-state index contributed by atoms with van der Waals surface area (Å²) in [5, 5.41) is 1.96. The summed E-state index contributed by atoms with van der Waals surface area (Å²) >= 11 is 1.42. The minimum Gasteiger partial charge on any atom is -0.489 e. The van der Waals surface area contributed by atoms with E-state index in [-0.39, 0.29) is 5.91 Å². The Morgan fingerprint density at radius 2 is 1.84 bits per heavy atom. The highest BCUT2D eigenvalue weighted by Gasteiger charge is 2.24. The average Bonchev–Trinajstić information content (AvgIpc) is 3.25. The van der Waals surface area contributed by atoms with Gasteiger partial charge in [-0.25, -0.2) is 8.78 Å². The fraction of sp³-hybridized carbons (Fsp3) is 0.320. The molecule has 0 radical (unpaired) electrons. The molecule has 1 aliphatic rings. The number of nitrogens with zero attached hydrogens (tertiary/aromatic N) is 2. The van der Waals surface area contributed by atoms with Gasteiger partial charge in [0.1, 0.15) is 12.4 Å². The number of carbonyl (C=O) groups excluding carboxylic acids is 1. The van der Waals surface area contributed by atoms with Crippen LogP contribution in [-0.4, -0.2) is 41.9 Å². The highest BCUT2D eigenvalue weighted by atomic mass is 32.1. The summed E-state index contributed by atoms with van der Waals surface area (Å²) in [5.41, 5.74) is 3.60. The molecule has 0 unspecified atom stereocenters. The van der Waals surface area contributed by atoms with Gasteiger partial charge in [-0.2, -0.15) is 0 Å². The monoisotopic (exact) mass is 456 g/mol. The normalized spacial score (nSPS) is 14.6. The van der Waals surface area contributed by atoms with E-state index in [2.05, 4.69) is 6.07 Å². The van der Waals surface area contributed by atoms with Gasteiger partial charge in [-0.1, -0.05) is 29.8 Å². The number of hydrogen-bond donors (Lipinski definition) is 0. The fourth-order valence-electron chi connectivity index (χ4n) is 3.86. The molecule has 7 heteroatoms. The molecule has 1 aromatic heterocycles. The molecule has 32 heavy (non-hydrogen) atoms. The largest absolute Gasteiger partial charge is 0.489 e. The molecule has 0 atom stereocenters. The van der Waals surface area contributed by atoms with Crippen molar-refractivity contribution in [2.75, 3.05) is 26.2 Å². The maximum Gasteiger partial charge on any atom is 0.264 e. The molecular formula is C25H26F2N2O2S. The maximum atomic E-state index is 13.9. The second-order valence-electron chi connectivity index (χ2n) is 8.16. The highest BCUT2D eigenvalue weighted by molar-refractivity contribution is 7.12. The third kappa shape index (κ3) is 5.16. The van der Waals surface area contributed by atoms with E-state index in [1.54, 1.807) is 6.07 Å². The van der Waals surface area contributed by atoms with E-state index in [0.29, 0.717) is 49.8 Å². The van der Waals surface area contributed by atoms with Gasteiger partial charge in [0.05, 0.1) is 4.88 Å². The molecule has 168 valence electrons. The molecule has 0 N–H and O–H groups in total. The quantitative estimate of drug-likeness (QED) is 0.512. The topological polar surface area (TPSA) is 32.8 Å². The van der Waals surface area contributed by atoms with Crippen molar-refractivity contribution in [3.05, 3.63) is 86.6 Å². The standard InChI is InChI=1S/C25H26F2N2O2S/c1-17-6-7-22(18(2)12-17)31-15-19-13-23(32-16-19)25(30)29-10-8-28(9-11-29)14-20-4-3-5-21(26)24(20)27/h3-7,12-13,16H,8-11,14-15H2,1-2H3. The van der Waals surface area contributed by atoms with Gasteiger partial charge in [0.25, 0.3) is 5.91 Å². The number of piperazine rings is 1. The van der Waals surface area contributed by atoms with E-state index < -0.39 is 11.6 Å². The number of amides is 1. The van der Waals surface area contributed by atoms with Gasteiger partial charge in [0.2, 0.25) is 0 Å². The number of rotatable bonds is 6. The lowest BCUT2D eigenvalue weighted by Crippen LogP contribution is -2.48. The molecule has 0 spiro atoms. The van der Waals surface area contributed by atoms with Gasteiger partial charge in [-0.05, 0) is 43.0 Å². The number of halogens is 2. The summed E-state index contributed by atoms with van der Waals surface area (Å²) in [5.74, 6) is -0.767. The number of carbonyl (C=O) groups is 1. The first-order valence-corrected chi connectivity index (χ1v) is 11.5. The van der Waals surface area contributed by atoms with Crippen LogP contribution in [0.25, 0.3) is 0 Å². The first kappa shape index (κ1) is 22.4. The molecule has 4 nitrogen and oxygen atoms in total. The molecule has 0 bridgehead atoms. The van der Waals surface area contributed by atoms with Crippen LogP contribution in [0.4, 0.5) is 8.78 Å². The van der Waals surface area contributed by atoms with Crippen LogP contribution >= 0.6 is 11.3 Å². The third-order valence-electron chi connectivity index (χ3n) is 5.67. The number of benzene rings is 2. The summed E-state index contributed by atoms with van der Waals surface area (Å²) in [6.45, 7) is 7.18. The van der Waals surface area contributed by atoms with Crippen molar-refractivity contribution >= 4 is 17.2 Å². The first-order chi connectivity index (χ1) is 15.4. The number of thiophene rings is 1. The van der Waals surface area contributed by atoms with Crippen molar-refractivity contribution in [3.63, 3.8) is 0 Å². The van der Waals surface area contributed by atoms with Gasteiger partial charge in [-0.3, -0.25) is 9.69 Å². The molecule has 3 aromatic rings. The van der Waals surface area contributed by atoms with Crippen LogP contribution in [0.2, 0.25) is 0 Å². The average molecular weight is 457 g/mol. The molecule has 1 aliphatic heterocycles. The number of aryl methyl sites for hydroxylation is 2. The second kappa shape index (κ2) is 9.79. The zero-order valence-corrected chi connectivity index (χ0v) is 19.1. The summed E-state index contributed by atoms with van der Waals surface area (Å²) in [6, 6.07) is 12.2. The van der Waals surface area contributed by atoms with Crippen LogP contribution in [0.15, 0.2) is 47.8 Å². The van der Waals surface area contributed by atoms with Crippen molar-refractivity contribution in [1.29, 1.82) is 0 Å². The first-order valence-electron chi connectivity index (χ1n) is 10.6. The van der Waals surface area contributed by atoms with Crippen LogP contribution in [0.1, 0.15) is 31.9 Å². The predicted molar refractivity (Wildman–Crippen MR) is 122 cm³/mol. The lowest BCUT2D eigenvalue weighted by molar-refractivity contribution is 0.0631. The summed E-state index contributed by atoms with van der Waals surface area (Å²) in [4.78, 5) is 17.5. The van der Waals surface area contributed by atoms with Gasteiger partial charge in [0, 0.05) is 43.9 Å². The Hall–Kier alpha value is -2.77. The van der Waals surface area contributed by atoms with E-state index in [1.165, 1.54) is 23.0 Å². The van der Waals surface area contributed by atoms with E-state index in [0.717, 1.165) is 22.9 Å². The van der Waals surface area contributed by atoms with Crippen LogP contribution in [-0.2, 0) is 13.2 Å². The molecule has 2 aromatic carbocycles. The van der Waals surface area contributed by atoms with Crippen molar-refractivity contribution in [2.24, 2.45) is 0 Å². The van der Waals surface area contributed by atoms with Gasteiger partial charge in [-0.15, -0.1) is 11.3 Å². The third-order valence-corrected chi connectivity index (χ3v) is 6.64. The van der Waals surface area contributed by atoms with Crippen LogP contribution in [0.3, 0.4) is 0 Å². The Bertz CT molecular complexity index is 1110. The summed E-state index contributed by atoms with van der Waals surface area (Å²) < 4.78 is 33.3. The molecule has 4 rings (SSSR count).